The number of pyridine rings is 1. The molecule has 4 heterocycles. The zero-order valence-electron chi connectivity index (χ0n) is 19.5. The summed E-state index contributed by atoms with van der Waals surface area (Å²) in [4.78, 5) is 13.9. The molecule has 0 aliphatic carbocycles. The molecular weight excluding hydrogens is 502 g/mol. The summed E-state index contributed by atoms with van der Waals surface area (Å²) in [6, 6.07) is 7.98. The summed E-state index contributed by atoms with van der Waals surface area (Å²) in [7, 11) is 1.23. The van der Waals surface area contributed by atoms with Gasteiger partial charge in [0.05, 0.1) is 35.6 Å². The Morgan fingerprint density at radius 3 is 2.94 bits per heavy atom. The molecule has 2 aliphatic heterocycles. The van der Waals surface area contributed by atoms with Crippen molar-refractivity contribution in [3.05, 3.63) is 40.8 Å². The normalized spacial score (nSPS) is 19.3. The average molecular weight is 532 g/mol. The Bertz CT molecular complexity index is 1330. The molecular formula is C24H29N5O3S3. The van der Waals surface area contributed by atoms with Gasteiger partial charge < -0.3 is 30.0 Å². The Balaban J connectivity index is 1.46. The number of H-pyrrole nitrogens is 2. The first-order chi connectivity index (χ1) is 17.1. The number of nitrogens with one attached hydrogen (secondary N) is 3. The van der Waals surface area contributed by atoms with Gasteiger partial charge in [0.2, 0.25) is 0 Å². The van der Waals surface area contributed by atoms with Crippen molar-refractivity contribution < 1.29 is 14.1 Å². The Labute approximate surface area is 216 Å². The molecule has 0 saturated carbocycles. The smallest absolute Gasteiger partial charge is 0.130 e. The molecule has 1 fully saturated rings. The zero-order valence-corrected chi connectivity index (χ0v) is 22.0. The number of fused-ring (bicyclic) bond motifs is 1. The fourth-order valence-electron chi connectivity index (χ4n) is 4.58. The van der Waals surface area contributed by atoms with E-state index in [1.165, 1.54) is 0 Å². The third-order valence-electron chi connectivity index (χ3n) is 6.25. The quantitative estimate of drug-likeness (QED) is 0.331. The number of aromatic nitrogens is 2. The van der Waals surface area contributed by atoms with Gasteiger partial charge in [-0.1, -0.05) is 24.0 Å². The first-order valence-corrected chi connectivity index (χ1v) is 14.4. The van der Waals surface area contributed by atoms with Crippen molar-refractivity contribution in [2.45, 2.75) is 5.25 Å². The summed E-state index contributed by atoms with van der Waals surface area (Å²) in [6.45, 7) is 3.66. The number of hydrogen-bond donors (Lipinski definition) is 4. The predicted octanol–water partition coefficient (Wildman–Crippen LogP) is 3.23. The van der Waals surface area contributed by atoms with Crippen LogP contribution in [0.1, 0.15) is 5.69 Å². The van der Waals surface area contributed by atoms with Crippen LogP contribution in [0.25, 0.3) is 22.0 Å². The molecule has 1 saturated heterocycles. The van der Waals surface area contributed by atoms with Crippen LogP contribution in [-0.4, -0.2) is 92.4 Å². The molecule has 35 heavy (non-hydrogen) atoms. The number of hydrogen-bond acceptors (Lipinski definition) is 8. The van der Waals surface area contributed by atoms with Crippen LogP contribution in [0, 0.1) is 4.64 Å². The highest BCUT2D eigenvalue weighted by molar-refractivity contribution is 8.15. The maximum absolute atomic E-state index is 11.7. The monoisotopic (exact) mass is 531 g/mol. The van der Waals surface area contributed by atoms with E-state index in [2.05, 4.69) is 26.3 Å². The van der Waals surface area contributed by atoms with Crippen molar-refractivity contribution in [2.75, 3.05) is 63.3 Å². The third-order valence-corrected chi connectivity index (χ3v) is 9.06. The third kappa shape index (κ3) is 5.19. The van der Waals surface area contributed by atoms with Gasteiger partial charge in [0.15, 0.2) is 0 Å². The molecule has 2 aliphatic rings. The van der Waals surface area contributed by atoms with Gasteiger partial charge in [-0.3, -0.25) is 9.20 Å². The van der Waals surface area contributed by atoms with Crippen molar-refractivity contribution in [1.82, 2.24) is 14.9 Å². The first kappa shape index (κ1) is 24.5. The van der Waals surface area contributed by atoms with Gasteiger partial charge in [0, 0.05) is 71.4 Å². The molecule has 1 aromatic carbocycles. The molecule has 0 amide bonds. The lowest BCUT2D eigenvalue weighted by Gasteiger charge is -2.27. The minimum absolute atomic E-state index is 0.0752. The second kappa shape index (κ2) is 10.8. The number of ether oxygens (including phenoxy) is 1. The van der Waals surface area contributed by atoms with E-state index in [4.69, 9.17) is 21.9 Å². The van der Waals surface area contributed by atoms with Gasteiger partial charge in [0.25, 0.3) is 0 Å². The van der Waals surface area contributed by atoms with Crippen molar-refractivity contribution >= 4 is 56.4 Å². The number of aliphatic hydroxyl groups excluding tert-OH is 1. The summed E-state index contributed by atoms with van der Waals surface area (Å²) in [6.07, 6.45) is 1.81. The summed E-state index contributed by atoms with van der Waals surface area (Å²) < 4.78 is 18.2. The molecule has 0 spiro atoms. The SMILES string of the molecule is CNc1c(-c2ccc[nH]c2=S)c(OCCO)cc2cc(C3=NCC(CN4CCS(=O)CC4)S3)[nH]c12. The van der Waals surface area contributed by atoms with E-state index in [1.54, 1.807) is 18.0 Å². The summed E-state index contributed by atoms with van der Waals surface area (Å²) in [5.41, 5.74) is 4.52. The molecule has 1 unspecified atom stereocenters. The molecule has 11 heteroatoms. The van der Waals surface area contributed by atoms with Crippen molar-refractivity contribution in [2.24, 2.45) is 4.99 Å². The molecule has 2 aromatic heterocycles. The van der Waals surface area contributed by atoms with Crippen LogP contribution in [0.2, 0.25) is 0 Å². The molecule has 186 valence electrons. The van der Waals surface area contributed by atoms with E-state index in [1.807, 2.05) is 25.2 Å². The van der Waals surface area contributed by atoms with Crippen LogP contribution in [-0.2, 0) is 10.8 Å². The van der Waals surface area contributed by atoms with Crippen molar-refractivity contribution in [3.63, 3.8) is 0 Å². The van der Waals surface area contributed by atoms with E-state index in [9.17, 15) is 9.32 Å². The van der Waals surface area contributed by atoms with Gasteiger partial charge in [0.1, 0.15) is 22.0 Å². The van der Waals surface area contributed by atoms with Gasteiger partial charge in [-0.05, 0) is 24.3 Å². The maximum atomic E-state index is 11.7. The lowest BCUT2D eigenvalue weighted by molar-refractivity contribution is 0.202. The number of aliphatic hydroxyl groups is 1. The standard InChI is InChI=1S/C24H29N5O3S3/c1-25-22-20(17-3-2-4-26-23(17)33)19(32-8-7-30)12-15-11-18(28-21(15)22)24-27-13-16(34-24)14-29-5-9-35(31)10-6-29/h2-4,11-12,16,25,28,30H,5-10,13-14H2,1H3,(H,26,33). The molecule has 0 bridgehead atoms. The zero-order chi connectivity index (χ0) is 24.4. The number of anilines is 1. The van der Waals surface area contributed by atoms with Crippen molar-refractivity contribution in [1.29, 1.82) is 0 Å². The maximum Gasteiger partial charge on any atom is 0.130 e. The minimum atomic E-state index is -0.656. The number of thioether (sulfide) groups is 1. The number of aromatic amines is 2. The Kier molecular flexibility index (Phi) is 7.59. The number of benzene rings is 1. The molecule has 5 rings (SSSR count). The molecule has 8 nitrogen and oxygen atoms in total. The lowest BCUT2D eigenvalue weighted by Crippen LogP contribution is -2.41. The van der Waals surface area contributed by atoms with Crippen LogP contribution in [0.3, 0.4) is 0 Å². The minimum Gasteiger partial charge on any atom is -0.490 e. The van der Waals surface area contributed by atoms with Crippen LogP contribution >= 0.6 is 24.0 Å². The summed E-state index contributed by atoms with van der Waals surface area (Å²) >= 11 is 7.38. The summed E-state index contributed by atoms with van der Waals surface area (Å²) in [5.74, 6) is 2.20. The number of rotatable bonds is 8. The van der Waals surface area contributed by atoms with Crippen LogP contribution in [0.15, 0.2) is 35.5 Å². The van der Waals surface area contributed by atoms with E-state index < -0.39 is 10.8 Å². The van der Waals surface area contributed by atoms with E-state index in [0.29, 0.717) is 15.6 Å². The molecule has 4 N–H and O–H groups in total. The second-order valence-corrected chi connectivity index (χ2v) is 11.9. The van der Waals surface area contributed by atoms with Crippen LogP contribution < -0.4 is 10.1 Å². The Morgan fingerprint density at radius 1 is 1.37 bits per heavy atom. The van der Waals surface area contributed by atoms with Crippen molar-refractivity contribution in [3.8, 4) is 16.9 Å². The highest BCUT2D eigenvalue weighted by atomic mass is 32.2. The first-order valence-electron chi connectivity index (χ1n) is 11.7. The van der Waals surface area contributed by atoms with Gasteiger partial charge >= 0.3 is 0 Å². The fraction of sp³-hybridized carbons (Fsp3) is 0.417. The Morgan fingerprint density at radius 2 is 2.20 bits per heavy atom. The second-order valence-electron chi connectivity index (χ2n) is 8.54. The summed E-state index contributed by atoms with van der Waals surface area (Å²) in [5, 5.41) is 15.1. The largest absolute Gasteiger partial charge is 0.490 e. The lowest BCUT2D eigenvalue weighted by atomic mass is 10.0. The molecule has 0 radical (unpaired) electrons. The average Bonchev–Trinajstić information content (AvgIpc) is 3.50. The molecule has 1 atom stereocenters. The van der Waals surface area contributed by atoms with Gasteiger partial charge in [-0.25, -0.2) is 0 Å². The number of aliphatic imine (C=N–C) groups is 1. The van der Waals surface area contributed by atoms with Gasteiger partial charge in [-0.2, -0.15) is 0 Å². The fourth-order valence-corrected chi connectivity index (χ4v) is 7.08. The van der Waals surface area contributed by atoms with E-state index >= 15 is 0 Å². The number of nitrogens with zero attached hydrogens (tertiary/aromatic N) is 2. The van der Waals surface area contributed by atoms with Crippen LogP contribution in [0.5, 0.6) is 5.75 Å². The van der Waals surface area contributed by atoms with E-state index in [0.717, 1.165) is 76.1 Å². The van der Waals surface area contributed by atoms with Crippen LogP contribution in [0.4, 0.5) is 5.69 Å². The predicted molar refractivity (Wildman–Crippen MR) is 148 cm³/mol. The topological polar surface area (TPSA) is 106 Å². The molecule has 3 aromatic rings. The highest BCUT2D eigenvalue weighted by Gasteiger charge is 2.27. The van der Waals surface area contributed by atoms with Gasteiger partial charge in [-0.15, -0.1) is 0 Å². The highest BCUT2D eigenvalue weighted by Crippen LogP contribution is 2.43. The Hall–Kier alpha value is -2.18. The van der Waals surface area contributed by atoms with E-state index in [-0.39, 0.29) is 13.2 Å².